The van der Waals surface area contributed by atoms with Crippen LogP contribution in [-0.4, -0.2) is 22.7 Å². The van der Waals surface area contributed by atoms with Crippen LogP contribution in [0.3, 0.4) is 0 Å². The molecule has 2 aromatic rings. The van der Waals surface area contributed by atoms with Gasteiger partial charge in [0.2, 0.25) is 0 Å². The summed E-state index contributed by atoms with van der Waals surface area (Å²) in [5, 5.41) is 10.9. The van der Waals surface area contributed by atoms with E-state index in [2.05, 4.69) is 30.0 Å². The average Bonchev–Trinajstić information content (AvgIpc) is 2.78. The number of rotatable bonds is 3. The summed E-state index contributed by atoms with van der Waals surface area (Å²) in [6.07, 6.45) is 6.19. The fourth-order valence-corrected chi connectivity index (χ4v) is 3.40. The highest BCUT2D eigenvalue weighted by atomic mass is 16.3. The van der Waals surface area contributed by atoms with Crippen LogP contribution in [0.15, 0.2) is 30.3 Å². The summed E-state index contributed by atoms with van der Waals surface area (Å²) in [7, 11) is 0. The molecule has 0 spiro atoms. The molecule has 0 amide bonds. The molecule has 3 rings (SSSR count). The van der Waals surface area contributed by atoms with Gasteiger partial charge in [0.05, 0.1) is 12.1 Å². The number of nitrogens with zero attached hydrogens (tertiary/aromatic N) is 2. The van der Waals surface area contributed by atoms with Crippen molar-refractivity contribution in [1.29, 1.82) is 0 Å². The minimum atomic E-state index is 0.0557. The van der Waals surface area contributed by atoms with E-state index in [4.69, 9.17) is 4.98 Å². The fraction of sp³-hybridized carbons (Fsp3) is 0.500. The second kappa shape index (κ2) is 6.44. The minimum absolute atomic E-state index is 0.0557. The Morgan fingerprint density at radius 2 is 2.10 bits per heavy atom. The average molecular weight is 284 g/mol. The first-order valence-electron chi connectivity index (χ1n) is 8.09. The van der Waals surface area contributed by atoms with E-state index >= 15 is 0 Å². The van der Waals surface area contributed by atoms with E-state index in [-0.39, 0.29) is 6.61 Å². The first-order chi connectivity index (χ1) is 10.3. The number of aliphatic hydroxyl groups excluding tert-OH is 1. The van der Waals surface area contributed by atoms with Gasteiger partial charge in [-0.05, 0) is 31.4 Å². The van der Waals surface area contributed by atoms with Crippen LogP contribution in [0, 0.1) is 0 Å². The van der Waals surface area contributed by atoms with E-state index < -0.39 is 0 Å². The van der Waals surface area contributed by atoms with Gasteiger partial charge in [-0.3, -0.25) is 0 Å². The molecule has 1 aromatic carbocycles. The third-order valence-electron chi connectivity index (χ3n) is 4.57. The quantitative estimate of drug-likeness (QED) is 0.929. The van der Waals surface area contributed by atoms with Crippen LogP contribution < -0.4 is 4.90 Å². The molecule has 1 saturated heterocycles. The molecule has 1 fully saturated rings. The van der Waals surface area contributed by atoms with Gasteiger partial charge in [-0.2, -0.15) is 0 Å². The SMILES string of the molecule is CCC1CCCCCN1c1nc2ccccc2cc1CO. The van der Waals surface area contributed by atoms with Crippen molar-refractivity contribution in [3.05, 3.63) is 35.9 Å². The topological polar surface area (TPSA) is 36.4 Å². The second-order valence-electron chi connectivity index (χ2n) is 5.93. The number of fused-ring (bicyclic) bond motifs is 1. The molecule has 1 N–H and O–H groups in total. The highest BCUT2D eigenvalue weighted by Gasteiger charge is 2.23. The lowest BCUT2D eigenvalue weighted by Gasteiger charge is -2.32. The number of aromatic nitrogens is 1. The molecule has 1 aliphatic rings. The van der Waals surface area contributed by atoms with Crippen molar-refractivity contribution >= 4 is 16.7 Å². The molecule has 0 aliphatic carbocycles. The van der Waals surface area contributed by atoms with Gasteiger partial charge in [-0.15, -0.1) is 0 Å². The Bertz CT molecular complexity index is 611. The zero-order valence-corrected chi connectivity index (χ0v) is 12.8. The molecular formula is C18H24N2O. The van der Waals surface area contributed by atoms with Crippen molar-refractivity contribution in [1.82, 2.24) is 4.98 Å². The van der Waals surface area contributed by atoms with E-state index in [1.165, 1.54) is 25.7 Å². The number of benzene rings is 1. The molecule has 21 heavy (non-hydrogen) atoms. The first-order valence-corrected chi connectivity index (χ1v) is 8.09. The van der Waals surface area contributed by atoms with Crippen LogP contribution in [0.5, 0.6) is 0 Å². The Kier molecular flexibility index (Phi) is 4.39. The summed E-state index contributed by atoms with van der Waals surface area (Å²) in [6.45, 7) is 3.36. The standard InChI is InChI=1S/C18H24N2O/c1-2-16-9-4-3-7-11-20(16)18-15(13-21)12-14-8-5-6-10-17(14)19-18/h5-6,8,10,12,16,21H,2-4,7,9,11,13H2,1H3. The summed E-state index contributed by atoms with van der Waals surface area (Å²) < 4.78 is 0. The smallest absolute Gasteiger partial charge is 0.135 e. The van der Waals surface area contributed by atoms with Crippen LogP contribution in [0.2, 0.25) is 0 Å². The molecule has 3 heteroatoms. The maximum absolute atomic E-state index is 9.77. The summed E-state index contributed by atoms with van der Waals surface area (Å²) in [4.78, 5) is 7.31. The molecule has 1 aliphatic heterocycles. The van der Waals surface area contributed by atoms with Gasteiger partial charge in [0.1, 0.15) is 5.82 Å². The van der Waals surface area contributed by atoms with Gasteiger partial charge in [-0.1, -0.05) is 38.0 Å². The summed E-state index contributed by atoms with van der Waals surface area (Å²) in [5.74, 6) is 0.991. The minimum Gasteiger partial charge on any atom is -0.392 e. The highest BCUT2D eigenvalue weighted by molar-refractivity contribution is 5.81. The number of hydrogen-bond acceptors (Lipinski definition) is 3. The zero-order valence-electron chi connectivity index (χ0n) is 12.8. The number of hydrogen-bond donors (Lipinski definition) is 1. The van der Waals surface area contributed by atoms with E-state index in [9.17, 15) is 5.11 Å². The Hall–Kier alpha value is -1.61. The lowest BCUT2D eigenvalue weighted by molar-refractivity contribution is 0.281. The predicted molar refractivity (Wildman–Crippen MR) is 87.6 cm³/mol. The molecule has 1 unspecified atom stereocenters. The lowest BCUT2D eigenvalue weighted by atomic mass is 10.1. The van der Waals surface area contributed by atoms with Gasteiger partial charge in [-0.25, -0.2) is 4.98 Å². The van der Waals surface area contributed by atoms with Gasteiger partial charge in [0.15, 0.2) is 0 Å². The third-order valence-corrected chi connectivity index (χ3v) is 4.57. The summed E-state index contributed by atoms with van der Waals surface area (Å²) >= 11 is 0. The van der Waals surface area contributed by atoms with E-state index in [1.54, 1.807) is 0 Å². The zero-order chi connectivity index (χ0) is 14.7. The van der Waals surface area contributed by atoms with Crippen molar-refractivity contribution in [2.45, 2.75) is 51.7 Å². The lowest BCUT2D eigenvalue weighted by Crippen LogP contribution is -2.35. The largest absolute Gasteiger partial charge is 0.392 e. The molecule has 3 nitrogen and oxygen atoms in total. The van der Waals surface area contributed by atoms with Gasteiger partial charge in [0, 0.05) is 23.5 Å². The second-order valence-corrected chi connectivity index (χ2v) is 5.93. The van der Waals surface area contributed by atoms with Crippen molar-refractivity contribution in [2.75, 3.05) is 11.4 Å². The van der Waals surface area contributed by atoms with Crippen molar-refractivity contribution < 1.29 is 5.11 Å². The number of anilines is 1. The summed E-state index contributed by atoms with van der Waals surface area (Å²) in [5.41, 5.74) is 1.97. The first kappa shape index (κ1) is 14.3. The Labute approximate surface area is 126 Å². The molecule has 2 heterocycles. The monoisotopic (exact) mass is 284 g/mol. The van der Waals surface area contributed by atoms with Crippen molar-refractivity contribution in [3.8, 4) is 0 Å². The van der Waals surface area contributed by atoms with Crippen LogP contribution in [0.1, 0.15) is 44.6 Å². The Morgan fingerprint density at radius 1 is 1.24 bits per heavy atom. The van der Waals surface area contributed by atoms with Crippen LogP contribution in [0.4, 0.5) is 5.82 Å². The molecule has 0 radical (unpaired) electrons. The fourth-order valence-electron chi connectivity index (χ4n) is 3.40. The van der Waals surface area contributed by atoms with Crippen molar-refractivity contribution in [3.63, 3.8) is 0 Å². The Balaban J connectivity index is 2.07. The number of pyridine rings is 1. The third kappa shape index (κ3) is 2.88. The van der Waals surface area contributed by atoms with Crippen LogP contribution in [-0.2, 0) is 6.61 Å². The maximum Gasteiger partial charge on any atom is 0.135 e. The van der Waals surface area contributed by atoms with Crippen LogP contribution in [0.25, 0.3) is 10.9 Å². The Morgan fingerprint density at radius 3 is 2.90 bits per heavy atom. The van der Waals surface area contributed by atoms with E-state index in [0.717, 1.165) is 35.2 Å². The van der Waals surface area contributed by atoms with Gasteiger partial charge in [0.25, 0.3) is 0 Å². The molecule has 1 aromatic heterocycles. The normalized spacial score (nSPS) is 19.7. The molecular weight excluding hydrogens is 260 g/mol. The van der Waals surface area contributed by atoms with Gasteiger partial charge >= 0.3 is 0 Å². The van der Waals surface area contributed by atoms with E-state index in [0.29, 0.717) is 6.04 Å². The molecule has 1 atom stereocenters. The molecule has 112 valence electrons. The predicted octanol–water partition coefficient (Wildman–Crippen LogP) is 3.89. The van der Waals surface area contributed by atoms with Crippen molar-refractivity contribution in [2.24, 2.45) is 0 Å². The number of aliphatic hydroxyl groups is 1. The van der Waals surface area contributed by atoms with E-state index in [1.807, 2.05) is 12.1 Å². The molecule has 0 saturated carbocycles. The molecule has 0 bridgehead atoms. The summed E-state index contributed by atoms with van der Waals surface area (Å²) in [6, 6.07) is 10.8. The van der Waals surface area contributed by atoms with Gasteiger partial charge < -0.3 is 10.0 Å². The van der Waals surface area contributed by atoms with Crippen LogP contribution >= 0.6 is 0 Å². The number of para-hydroxylation sites is 1. The highest BCUT2D eigenvalue weighted by Crippen LogP contribution is 2.29. The maximum atomic E-state index is 9.77.